The van der Waals surface area contributed by atoms with Crippen LogP contribution in [-0.4, -0.2) is 45.1 Å². The lowest BCUT2D eigenvalue weighted by Gasteiger charge is -2.33. The Morgan fingerprint density at radius 1 is 1.47 bits per heavy atom. The zero-order valence-corrected chi connectivity index (χ0v) is 10.4. The van der Waals surface area contributed by atoms with Crippen molar-refractivity contribution >= 4 is 17.7 Å². The summed E-state index contributed by atoms with van der Waals surface area (Å²) in [6, 6.07) is 4.61. The summed E-state index contributed by atoms with van der Waals surface area (Å²) < 4.78 is 0. The van der Waals surface area contributed by atoms with Crippen LogP contribution in [-0.2, 0) is 0 Å². The van der Waals surface area contributed by atoms with E-state index in [4.69, 9.17) is 0 Å². The van der Waals surface area contributed by atoms with Gasteiger partial charge in [-0.3, -0.25) is 4.79 Å². The van der Waals surface area contributed by atoms with E-state index in [0.29, 0.717) is 6.54 Å². The summed E-state index contributed by atoms with van der Waals surface area (Å²) in [6.45, 7) is 2.67. The molecule has 4 nitrogen and oxygen atoms in total. The monoisotopic (exact) mass is 253 g/mol. The summed E-state index contributed by atoms with van der Waals surface area (Å²) in [6.07, 6.45) is 0. The van der Waals surface area contributed by atoms with Crippen LogP contribution in [0.2, 0.25) is 0 Å². The van der Waals surface area contributed by atoms with Crippen LogP contribution in [0, 0.1) is 0 Å². The Balaban J connectivity index is 2.27. The number of thioether (sulfide) groups is 1. The second kappa shape index (κ2) is 4.87. The number of phenolic OH excluding ortho intramolecular Hbond substituents is 2. The molecule has 1 aromatic carbocycles. The SMILES string of the molecule is CC1CSCCN1C(=O)c1cccc(O)c1O. The quantitative estimate of drug-likeness (QED) is 0.747. The maximum atomic E-state index is 12.2. The van der Waals surface area contributed by atoms with Crippen LogP contribution < -0.4 is 0 Å². The third-order valence-corrected chi connectivity index (χ3v) is 4.06. The van der Waals surface area contributed by atoms with E-state index in [0.717, 1.165) is 11.5 Å². The Morgan fingerprint density at radius 2 is 2.24 bits per heavy atom. The van der Waals surface area contributed by atoms with Crippen molar-refractivity contribution in [2.75, 3.05) is 18.1 Å². The molecular formula is C12H15NO3S. The van der Waals surface area contributed by atoms with E-state index >= 15 is 0 Å². The molecule has 0 bridgehead atoms. The summed E-state index contributed by atoms with van der Waals surface area (Å²) in [5.41, 5.74) is 0.170. The molecule has 0 saturated carbocycles. The molecule has 1 aliphatic heterocycles. The first kappa shape index (κ1) is 12.1. The van der Waals surface area contributed by atoms with Crippen LogP contribution in [0.15, 0.2) is 18.2 Å². The number of rotatable bonds is 1. The minimum absolute atomic E-state index is 0.156. The number of para-hydroxylation sites is 1. The fourth-order valence-corrected chi connectivity index (χ4v) is 2.90. The molecule has 2 N–H and O–H groups in total. The van der Waals surface area contributed by atoms with E-state index in [1.165, 1.54) is 12.1 Å². The maximum Gasteiger partial charge on any atom is 0.258 e. The van der Waals surface area contributed by atoms with Gasteiger partial charge in [-0.25, -0.2) is 0 Å². The molecule has 0 aromatic heterocycles. The van der Waals surface area contributed by atoms with E-state index in [9.17, 15) is 15.0 Å². The third kappa shape index (κ3) is 2.34. The Hall–Kier alpha value is -1.36. The maximum absolute atomic E-state index is 12.2. The number of aromatic hydroxyl groups is 2. The van der Waals surface area contributed by atoms with Gasteiger partial charge in [-0.2, -0.15) is 11.8 Å². The van der Waals surface area contributed by atoms with Gasteiger partial charge in [-0.05, 0) is 19.1 Å². The highest BCUT2D eigenvalue weighted by molar-refractivity contribution is 7.99. The summed E-state index contributed by atoms with van der Waals surface area (Å²) in [5, 5.41) is 19.1. The molecule has 0 spiro atoms. The van der Waals surface area contributed by atoms with Gasteiger partial charge in [0, 0.05) is 24.1 Å². The van der Waals surface area contributed by atoms with Gasteiger partial charge in [-0.15, -0.1) is 0 Å². The Labute approximate surface area is 104 Å². The highest BCUT2D eigenvalue weighted by atomic mass is 32.2. The number of carbonyl (C=O) groups excluding carboxylic acids is 1. The molecule has 0 aliphatic carbocycles. The average Bonchev–Trinajstić information content (AvgIpc) is 2.32. The molecule has 92 valence electrons. The lowest BCUT2D eigenvalue weighted by atomic mass is 10.1. The zero-order valence-electron chi connectivity index (χ0n) is 9.59. The highest BCUT2D eigenvalue weighted by Crippen LogP contribution is 2.30. The number of nitrogens with zero attached hydrogens (tertiary/aromatic N) is 1. The first-order chi connectivity index (χ1) is 8.11. The second-order valence-corrected chi connectivity index (χ2v) is 5.25. The van der Waals surface area contributed by atoms with Gasteiger partial charge in [0.15, 0.2) is 11.5 Å². The van der Waals surface area contributed by atoms with Crippen molar-refractivity contribution in [3.05, 3.63) is 23.8 Å². The third-order valence-electron chi connectivity index (χ3n) is 2.87. The van der Waals surface area contributed by atoms with Gasteiger partial charge in [0.25, 0.3) is 5.91 Å². The summed E-state index contributed by atoms with van der Waals surface area (Å²) in [5.74, 6) is 1.02. The molecular weight excluding hydrogens is 238 g/mol. The summed E-state index contributed by atoms with van der Waals surface area (Å²) in [4.78, 5) is 14.0. The number of phenols is 2. The summed E-state index contributed by atoms with van der Waals surface area (Å²) in [7, 11) is 0. The van der Waals surface area contributed by atoms with Crippen molar-refractivity contribution in [2.45, 2.75) is 13.0 Å². The number of benzene rings is 1. The van der Waals surface area contributed by atoms with Crippen LogP contribution in [0.4, 0.5) is 0 Å². The number of hydrogen-bond donors (Lipinski definition) is 2. The zero-order chi connectivity index (χ0) is 12.4. The van der Waals surface area contributed by atoms with Gasteiger partial charge in [0.1, 0.15) is 0 Å². The van der Waals surface area contributed by atoms with E-state index in [1.54, 1.807) is 11.0 Å². The van der Waals surface area contributed by atoms with E-state index in [1.807, 2.05) is 18.7 Å². The topological polar surface area (TPSA) is 60.8 Å². The van der Waals surface area contributed by atoms with E-state index in [-0.39, 0.29) is 29.0 Å². The average molecular weight is 253 g/mol. The summed E-state index contributed by atoms with van der Waals surface area (Å²) >= 11 is 1.82. The van der Waals surface area contributed by atoms with E-state index in [2.05, 4.69) is 0 Å². The molecule has 1 unspecified atom stereocenters. The van der Waals surface area contributed by atoms with Gasteiger partial charge in [0.2, 0.25) is 0 Å². The molecule has 5 heteroatoms. The molecule has 17 heavy (non-hydrogen) atoms. The molecule has 1 aliphatic rings. The van der Waals surface area contributed by atoms with Crippen LogP contribution in [0.25, 0.3) is 0 Å². The minimum atomic E-state index is -0.331. The lowest BCUT2D eigenvalue weighted by molar-refractivity contribution is 0.0712. The van der Waals surface area contributed by atoms with Crippen molar-refractivity contribution in [1.82, 2.24) is 4.90 Å². The van der Waals surface area contributed by atoms with Crippen molar-refractivity contribution < 1.29 is 15.0 Å². The van der Waals surface area contributed by atoms with Crippen molar-refractivity contribution in [1.29, 1.82) is 0 Å². The van der Waals surface area contributed by atoms with Gasteiger partial charge in [-0.1, -0.05) is 6.07 Å². The van der Waals surface area contributed by atoms with Crippen molar-refractivity contribution in [3.63, 3.8) is 0 Å². The van der Waals surface area contributed by atoms with Crippen molar-refractivity contribution in [2.24, 2.45) is 0 Å². The molecule has 1 heterocycles. The number of carbonyl (C=O) groups is 1. The largest absolute Gasteiger partial charge is 0.504 e. The van der Waals surface area contributed by atoms with Crippen molar-refractivity contribution in [3.8, 4) is 11.5 Å². The van der Waals surface area contributed by atoms with Crippen LogP contribution in [0.1, 0.15) is 17.3 Å². The lowest BCUT2D eigenvalue weighted by Crippen LogP contribution is -2.44. The molecule has 1 aromatic rings. The molecule has 1 fully saturated rings. The fraction of sp³-hybridized carbons (Fsp3) is 0.417. The molecule has 1 atom stereocenters. The number of hydrogen-bond acceptors (Lipinski definition) is 4. The normalized spacial score (nSPS) is 20.3. The molecule has 2 rings (SSSR count). The first-order valence-corrected chi connectivity index (χ1v) is 6.66. The molecule has 1 amide bonds. The fourth-order valence-electron chi connectivity index (χ4n) is 1.89. The predicted molar refractivity (Wildman–Crippen MR) is 67.6 cm³/mol. The minimum Gasteiger partial charge on any atom is -0.504 e. The second-order valence-electron chi connectivity index (χ2n) is 4.10. The Morgan fingerprint density at radius 3 is 2.94 bits per heavy atom. The van der Waals surface area contributed by atoms with Gasteiger partial charge in [0.05, 0.1) is 5.56 Å². The van der Waals surface area contributed by atoms with Crippen LogP contribution in [0.3, 0.4) is 0 Å². The van der Waals surface area contributed by atoms with Crippen LogP contribution >= 0.6 is 11.8 Å². The van der Waals surface area contributed by atoms with Crippen LogP contribution in [0.5, 0.6) is 11.5 Å². The Kier molecular flexibility index (Phi) is 3.47. The molecule has 1 saturated heterocycles. The predicted octanol–water partition coefficient (Wildman–Crippen LogP) is 1.68. The van der Waals surface area contributed by atoms with Gasteiger partial charge >= 0.3 is 0 Å². The smallest absolute Gasteiger partial charge is 0.258 e. The Bertz CT molecular complexity index is 436. The number of amides is 1. The first-order valence-electron chi connectivity index (χ1n) is 5.51. The van der Waals surface area contributed by atoms with Gasteiger partial charge < -0.3 is 15.1 Å². The highest BCUT2D eigenvalue weighted by Gasteiger charge is 2.26. The molecule has 0 radical (unpaired) electrons. The standard InChI is InChI=1S/C12H15NO3S/c1-8-7-17-6-5-13(8)12(16)9-3-2-4-10(14)11(9)15/h2-4,8,14-15H,5-7H2,1H3. The van der Waals surface area contributed by atoms with E-state index < -0.39 is 0 Å².